The standard InChI is InChI=1S/C34H56N2O5/c1-12-13-14-25(23-15-17-24(37)18-16-23)28(29(38)40-26-19-21-31(2,3)35(10)33(26,6)7)30(39)41-27-20-22-32(4,5)36(11)34(27,8)9/h15-18,25-28,37H,12-14,19-22H2,1-11H3. The number of piperidine rings is 2. The van der Waals surface area contributed by atoms with E-state index >= 15 is 0 Å². The number of hydrogen-bond donors (Lipinski definition) is 1. The number of aromatic hydroxyl groups is 1. The van der Waals surface area contributed by atoms with E-state index in [9.17, 15) is 14.7 Å². The normalized spacial score (nSPS) is 27.0. The first-order chi connectivity index (χ1) is 18.9. The van der Waals surface area contributed by atoms with E-state index in [2.05, 4.69) is 86.2 Å². The maximum atomic E-state index is 14.2. The molecule has 0 radical (unpaired) electrons. The number of ether oxygens (including phenoxy) is 2. The van der Waals surface area contributed by atoms with Crippen LogP contribution in [0, 0.1) is 5.92 Å². The van der Waals surface area contributed by atoms with Gasteiger partial charge in [-0.2, -0.15) is 0 Å². The zero-order chi connectivity index (χ0) is 31.0. The van der Waals surface area contributed by atoms with Crippen LogP contribution in [0.15, 0.2) is 24.3 Å². The predicted molar refractivity (Wildman–Crippen MR) is 164 cm³/mol. The van der Waals surface area contributed by atoms with Crippen LogP contribution in [0.2, 0.25) is 0 Å². The third kappa shape index (κ3) is 6.93. The number of carbonyl (C=O) groups excluding carboxylic acids is 2. The number of hydrogen-bond acceptors (Lipinski definition) is 7. The maximum Gasteiger partial charge on any atom is 0.321 e. The number of unbranched alkanes of at least 4 members (excludes halogenated alkanes) is 1. The van der Waals surface area contributed by atoms with E-state index in [1.54, 1.807) is 12.1 Å². The number of likely N-dealkylation sites (N-methyl/N-ethyl adjacent to an activating group) is 2. The number of phenolic OH excluding ortho intramolecular Hbond substituents is 1. The molecule has 7 nitrogen and oxygen atoms in total. The monoisotopic (exact) mass is 572 g/mol. The zero-order valence-corrected chi connectivity index (χ0v) is 27.5. The van der Waals surface area contributed by atoms with Gasteiger partial charge in [-0.25, -0.2) is 0 Å². The minimum Gasteiger partial charge on any atom is -0.508 e. The molecule has 0 bridgehead atoms. The minimum absolute atomic E-state index is 0.0210. The SMILES string of the molecule is CCCCC(c1ccc(O)cc1)C(C(=O)OC1CCC(C)(C)N(C)C1(C)C)C(=O)OC1CCC(C)(C)N(C)C1(C)C. The average Bonchev–Trinajstić information content (AvgIpc) is 2.88. The third-order valence-corrected chi connectivity index (χ3v) is 10.8. The van der Waals surface area contributed by atoms with Gasteiger partial charge in [-0.1, -0.05) is 31.9 Å². The van der Waals surface area contributed by atoms with Crippen LogP contribution in [-0.2, 0) is 19.1 Å². The first kappa shape index (κ1) is 33.4. The lowest BCUT2D eigenvalue weighted by Gasteiger charge is -2.54. The van der Waals surface area contributed by atoms with E-state index in [1.165, 1.54) is 0 Å². The molecule has 7 heteroatoms. The molecule has 2 saturated heterocycles. The van der Waals surface area contributed by atoms with Crippen molar-refractivity contribution >= 4 is 11.9 Å². The topological polar surface area (TPSA) is 79.3 Å². The Morgan fingerprint density at radius 1 is 0.829 bits per heavy atom. The molecule has 2 heterocycles. The van der Waals surface area contributed by atoms with Crippen LogP contribution in [-0.4, -0.2) is 75.3 Å². The van der Waals surface area contributed by atoms with Crippen LogP contribution in [0.25, 0.3) is 0 Å². The summed E-state index contributed by atoms with van der Waals surface area (Å²) in [6.45, 7) is 19.4. The van der Waals surface area contributed by atoms with Crippen LogP contribution >= 0.6 is 0 Å². The van der Waals surface area contributed by atoms with Gasteiger partial charge in [0.1, 0.15) is 18.0 Å². The highest BCUT2D eigenvalue weighted by Gasteiger charge is 2.51. The Balaban J connectivity index is 1.98. The number of phenols is 1. The second-order valence-corrected chi connectivity index (χ2v) is 14.8. The van der Waals surface area contributed by atoms with Crippen LogP contribution in [0.1, 0.15) is 119 Å². The fourth-order valence-electron chi connectivity index (χ4n) is 6.93. The molecule has 1 aromatic rings. The summed E-state index contributed by atoms with van der Waals surface area (Å²) in [4.78, 5) is 33.0. The third-order valence-electron chi connectivity index (χ3n) is 10.8. The molecular formula is C34H56N2O5. The summed E-state index contributed by atoms with van der Waals surface area (Å²) in [5.41, 5.74) is -0.0107. The first-order valence-electron chi connectivity index (χ1n) is 15.5. The number of rotatable bonds is 9. The number of likely N-dealkylation sites (tertiary alicyclic amines) is 2. The summed E-state index contributed by atoms with van der Waals surface area (Å²) in [6.07, 6.45) is 4.93. The van der Waals surface area contributed by atoms with Gasteiger partial charge in [-0.15, -0.1) is 0 Å². The highest BCUT2D eigenvalue weighted by molar-refractivity contribution is 5.96. The fourth-order valence-corrected chi connectivity index (χ4v) is 6.93. The van der Waals surface area contributed by atoms with E-state index in [-0.39, 0.29) is 29.0 Å². The van der Waals surface area contributed by atoms with Gasteiger partial charge in [-0.3, -0.25) is 19.4 Å². The number of benzene rings is 1. The first-order valence-corrected chi connectivity index (χ1v) is 15.5. The van der Waals surface area contributed by atoms with Gasteiger partial charge in [0, 0.05) is 17.0 Å². The summed E-state index contributed by atoms with van der Waals surface area (Å²) in [6, 6.07) is 6.85. The van der Waals surface area contributed by atoms with E-state index in [1.807, 2.05) is 12.1 Å². The summed E-state index contributed by atoms with van der Waals surface area (Å²) >= 11 is 0. The minimum atomic E-state index is -1.10. The van der Waals surface area contributed by atoms with Crippen molar-refractivity contribution in [1.82, 2.24) is 9.80 Å². The summed E-state index contributed by atoms with van der Waals surface area (Å²) in [7, 11) is 4.16. The van der Waals surface area contributed by atoms with Crippen molar-refractivity contribution in [3.8, 4) is 5.75 Å². The van der Waals surface area contributed by atoms with Gasteiger partial charge in [0.25, 0.3) is 0 Å². The zero-order valence-electron chi connectivity index (χ0n) is 27.5. The Labute approximate surface area is 249 Å². The molecule has 1 N–H and O–H groups in total. The predicted octanol–water partition coefficient (Wildman–Crippen LogP) is 6.67. The van der Waals surface area contributed by atoms with Crippen LogP contribution in [0.5, 0.6) is 5.75 Å². The van der Waals surface area contributed by atoms with Crippen LogP contribution in [0.4, 0.5) is 0 Å². The van der Waals surface area contributed by atoms with Crippen molar-refractivity contribution in [2.45, 2.75) is 148 Å². The molecule has 0 aromatic heterocycles. The van der Waals surface area contributed by atoms with Gasteiger partial charge in [0.15, 0.2) is 5.92 Å². The van der Waals surface area contributed by atoms with Gasteiger partial charge in [0.05, 0.1) is 11.1 Å². The summed E-state index contributed by atoms with van der Waals surface area (Å²) in [5, 5.41) is 9.96. The van der Waals surface area contributed by atoms with E-state index < -0.39 is 34.9 Å². The molecule has 0 saturated carbocycles. The summed E-state index contributed by atoms with van der Waals surface area (Å²) in [5.74, 6) is -2.40. The Kier molecular flexibility index (Phi) is 9.97. The van der Waals surface area contributed by atoms with Gasteiger partial charge in [-0.05, 0) is 119 Å². The largest absolute Gasteiger partial charge is 0.508 e. The molecule has 1 aromatic carbocycles. The molecule has 2 fully saturated rings. The Bertz CT molecular complexity index is 1010. The molecule has 3 unspecified atom stereocenters. The molecule has 0 amide bonds. The van der Waals surface area contributed by atoms with Crippen LogP contribution in [0.3, 0.4) is 0 Å². The number of carbonyl (C=O) groups is 2. The highest BCUT2D eigenvalue weighted by atomic mass is 16.6. The molecule has 232 valence electrons. The molecule has 0 aliphatic carbocycles. The highest BCUT2D eigenvalue weighted by Crippen LogP contribution is 2.42. The van der Waals surface area contributed by atoms with Crippen LogP contribution < -0.4 is 0 Å². The average molecular weight is 573 g/mol. The maximum absolute atomic E-state index is 14.2. The molecule has 41 heavy (non-hydrogen) atoms. The van der Waals surface area contributed by atoms with E-state index in [4.69, 9.17) is 9.47 Å². The molecular weight excluding hydrogens is 516 g/mol. The molecule has 2 aliphatic heterocycles. The number of esters is 2. The molecule has 0 spiro atoms. The van der Waals surface area contributed by atoms with Gasteiger partial charge >= 0.3 is 11.9 Å². The Hall–Kier alpha value is -2.12. The quantitative estimate of drug-likeness (QED) is 0.261. The second-order valence-electron chi connectivity index (χ2n) is 14.8. The molecule has 3 rings (SSSR count). The lowest BCUT2D eigenvalue weighted by Crippen LogP contribution is -2.64. The smallest absolute Gasteiger partial charge is 0.321 e. The van der Waals surface area contributed by atoms with Crippen molar-refractivity contribution in [2.24, 2.45) is 5.92 Å². The van der Waals surface area contributed by atoms with Gasteiger partial charge in [0.2, 0.25) is 0 Å². The van der Waals surface area contributed by atoms with Gasteiger partial charge < -0.3 is 14.6 Å². The van der Waals surface area contributed by atoms with Crippen molar-refractivity contribution in [3.05, 3.63) is 29.8 Å². The van der Waals surface area contributed by atoms with Crippen molar-refractivity contribution < 1.29 is 24.2 Å². The molecule has 2 aliphatic rings. The molecule has 3 atom stereocenters. The second kappa shape index (κ2) is 12.2. The number of nitrogens with zero attached hydrogens (tertiary/aromatic N) is 2. The summed E-state index contributed by atoms with van der Waals surface area (Å²) < 4.78 is 12.6. The Morgan fingerprint density at radius 3 is 1.63 bits per heavy atom. The van der Waals surface area contributed by atoms with Crippen molar-refractivity contribution in [3.63, 3.8) is 0 Å². The lowest BCUT2D eigenvalue weighted by atomic mass is 9.77. The lowest BCUT2D eigenvalue weighted by molar-refractivity contribution is -0.187. The Morgan fingerprint density at radius 2 is 1.24 bits per heavy atom. The van der Waals surface area contributed by atoms with Crippen molar-refractivity contribution in [1.29, 1.82) is 0 Å². The van der Waals surface area contributed by atoms with E-state index in [0.29, 0.717) is 6.42 Å². The fraction of sp³-hybridized carbons (Fsp3) is 0.765. The van der Waals surface area contributed by atoms with Crippen molar-refractivity contribution in [2.75, 3.05) is 14.1 Å². The van der Waals surface area contributed by atoms with E-state index in [0.717, 1.165) is 44.1 Å².